The molecule has 0 spiro atoms. The second-order valence-corrected chi connectivity index (χ2v) is 4.23. The summed E-state index contributed by atoms with van der Waals surface area (Å²) in [6.45, 7) is 0. The normalized spacial score (nSPS) is 10.2. The Hall–Kier alpha value is -1.26. The predicted molar refractivity (Wildman–Crippen MR) is 59.4 cm³/mol. The average molecular weight is 239 g/mol. The molecule has 0 N–H and O–H groups in total. The number of Topliss-reactive ketones (excluding diaryl/α,β-unsaturated/α-hetero) is 1. The molecule has 0 radical (unpaired) electrons. The van der Waals surface area contributed by atoms with Crippen LogP contribution in [-0.4, -0.2) is 15.8 Å². The van der Waals surface area contributed by atoms with Crippen LogP contribution < -0.4 is 0 Å². The number of carbonyl (C=O) groups excluding carboxylic acids is 1. The van der Waals surface area contributed by atoms with E-state index in [4.69, 9.17) is 11.6 Å². The summed E-state index contributed by atoms with van der Waals surface area (Å²) >= 11 is 7.24. The van der Waals surface area contributed by atoms with Crippen LogP contribution in [0, 0.1) is 0 Å². The third kappa shape index (κ3) is 2.40. The molecule has 0 aliphatic rings. The second kappa shape index (κ2) is 4.51. The van der Waals surface area contributed by atoms with Crippen LogP contribution in [0.4, 0.5) is 0 Å². The van der Waals surface area contributed by atoms with Crippen LogP contribution in [0.3, 0.4) is 0 Å². The highest BCUT2D eigenvalue weighted by molar-refractivity contribution is 7.11. The fraction of sp³-hybridized carbons (Fsp3) is 0.100. The van der Waals surface area contributed by atoms with E-state index in [1.807, 2.05) is 0 Å². The summed E-state index contributed by atoms with van der Waals surface area (Å²) in [6, 6.07) is 1.75. The highest BCUT2D eigenvalue weighted by atomic mass is 35.5. The molecule has 0 saturated carbocycles. The van der Waals surface area contributed by atoms with Gasteiger partial charge in [-0.1, -0.05) is 11.6 Å². The lowest BCUT2D eigenvalue weighted by molar-refractivity contribution is 0.0996. The lowest BCUT2D eigenvalue weighted by atomic mass is 10.1. The summed E-state index contributed by atoms with van der Waals surface area (Å²) in [5.41, 5.74) is 2.44. The third-order valence-corrected chi connectivity index (χ3v) is 3.07. The van der Waals surface area contributed by atoms with Crippen LogP contribution in [0.1, 0.15) is 15.2 Å². The Balaban J connectivity index is 2.17. The van der Waals surface area contributed by atoms with Gasteiger partial charge in [0.1, 0.15) is 0 Å². The van der Waals surface area contributed by atoms with Gasteiger partial charge in [0, 0.05) is 25.0 Å². The molecule has 76 valence electrons. The Morgan fingerprint density at radius 2 is 2.27 bits per heavy atom. The van der Waals surface area contributed by atoms with Crippen molar-refractivity contribution in [1.29, 1.82) is 0 Å². The lowest BCUT2D eigenvalue weighted by Crippen LogP contribution is -2.01. The van der Waals surface area contributed by atoms with Crippen molar-refractivity contribution in [2.75, 3.05) is 0 Å². The van der Waals surface area contributed by atoms with Crippen molar-refractivity contribution in [1.82, 2.24) is 9.97 Å². The lowest BCUT2D eigenvalue weighted by Gasteiger charge is -2.00. The first-order chi connectivity index (χ1) is 7.27. The topological polar surface area (TPSA) is 42.9 Å². The monoisotopic (exact) mass is 238 g/mol. The van der Waals surface area contributed by atoms with E-state index in [2.05, 4.69) is 9.97 Å². The number of thiazole rings is 1. The molecular formula is C10H7ClN2OS. The number of hydrogen-bond donors (Lipinski definition) is 0. The van der Waals surface area contributed by atoms with E-state index in [1.54, 1.807) is 24.0 Å². The number of pyridine rings is 1. The first-order valence-corrected chi connectivity index (χ1v) is 5.53. The Morgan fingerprint density at radius 3 is 2.93 bits per heavy atom. The van der Waals surface area contributed by atoms with Crippen molar-refractivity contribution in [3.8, 4) is 0 Å². The molecule has 0 atom stereocenters. The zero-order valence-corrected chi connectivity index (χ0v) is 9.26. The van der Waals surface area contributed by atoms with Gasteiger partial charge in [0.25, 0.3) is 0 Å². The van der Waals surface area contributed by atoms with Gasteiger partial charge in [-0.15, -0.1) is 11.3 Å². The van der Waals surface area contributed by atoms with Crippen molar-refractivity contribution in [3.05, 3.63) is 45.6 Å². The summed E-state index contributed by atoms with van der Waals surface area (Å²) in [4.78, 5) is 20.1. The molecule has 0 fully saturated rings. The van der Waals surface area contributed by atoms with Crippen LogP contribution in [-0.2, 0) is 6.42 Å². The maximum Gasteiger partial charge on any atom is 0.178 e. The van der Waals surface area contributed by atoms with Gasteiger partial charge in [0.05, 0.1) is 15.4 Å². The molecule has 3 nitrogen and oxygen atoms in total. The number of rotatable bonds is 3. The first kappa shape index (κ1) is 10.3. The minimum absolute atomic E-state index is 0.0330. The smallest absolute Gasteiger partial charge is 0.178 e. The summed E-state index contributed by atoms with van der Waals surface area (Å²) < 4.78 is 0. The number of hydrogen-bond acceptors (Lipinski definition) is 4. The van der Waals surface area contributed by atoms with Gasteiger partial charge in [-0.2, -0.15) is 0 Å². The van der Waals surface area contributed by atoms with Crippen LogP contribution in [0.25, 0.3) is 0 Å². The number of halogens is 1. The standard InChI is InChI=1S/C10H7ClN2OS/c11-8-4-12-2-1-7(8)3-9(14)10-5-13-6-15-10/h1-2,4-6H,3H2. The van der Waals surface area contributed by atoms with Gasteiger partial charge in [0.2, 0.25) is 0 Å². The molecule has 0 unspecified atom stereocenters. The maximum absolute atomic E-state index is 11.7. The summed E-state index contributed by atoms with van der Waals surface area (Å²) in [7, 11) is 0. The van der Waals surface area contributed by atoms with Crippen LogP contribution in [0.5, 0.6) is 0 Å². The maximum atomic E-state index is 11.7. The van der Waals surface area contributed by atoms with Gasteiger partial charge < -0.3 is 0 Å². The van der Waals surface area contributed by atoms with Crippen molar-refractivity contribution >= 4 is 28.7 Å². The van der Waals surface area contributed by atoms with Gasteiger partial charge in [0.15, 0.2) is 5.78 Å². The van der Waals surface area contributed by atoms with Crippen molar-refractivity contribution in [2.24, 2.45) is 0 Å². The molecule has 2 aromatic heterocycles. The molecule has 15 heavy (non-hydrogen) atoms. The quantitative estimate of drug-likeness (QED) is 0.772. The highest BCUT2D eigenvalue weighted by Crippen LogP contribution is 2.17. The van der Waals surface area contributed by atoms with E-state index in [-0.39, 0.29) is 5.78 Å². The molecule has 0 aromatic carbocycles. The summed E-state index contributed by atoms with van der Waals surface area (Å²) in [5, 5.41) is 0.523. The van der Waals surface area contributed by atoms with Crippen LogP contribution >= 0.6 is 22.9 Å². The van der Waals surface area contributed by atoms with E-state index in [1.165, 1.54) is 17.5 Å². The Morgan fingerprint density at radius 1 is 1.40 bits per heavy atom. The molecule has 0 bridgehead atoms. The molecular weight excluding hydrogens is 232 g/mol. The van der Waals surface area contributed by atoms with Crippen molar-refractivity contribution < 1.29 is 4.79 Å². The zero-order valence-electron chi connectivity index (χ0n) is 7.68. The van der Waals surface area contributed by atoms with E-state index < -0.39 is 0 Å². The fourth-order valence-electron chi connectivity index (χ4n) is 1.16. The van der Waals surface area contributed by atoms with Gasteiger partial charge in [-0.3, -0.25) is 14.8 Å². The number of carbonyl (C=O) groups is 1. The molecule has 2 aromatic rings. The number of nitrogens with zero attached hydrogens (tertiary/aromatic N) is 2. The molecule has 0 amide bonds. The second-order valence-electron chi connectivity index (χ2n) is 2.93. The van der Waals surface area contributed by atoms with Crippen LogP contribution in [0.15, 0.2) is 30.2 Å². The number of aromatic nitrogens is 2. The average Bonchev–Trinajstić information content (AvgIpc) is 2.74. The Labute approximate surface area is 95.8 Å². The SMILES string of the molecule is O=C(Cc1ccncc1Cl)c1cncs1. The molecule has 0 saturated heterocycles. The van der Waals surface area contributed by atoms with E-state index in [0.29, 0.717) is 16.3 Å². The zero-order chi connectivity index (χ0) is 10.7. The highest BCUT2D eigenvalue weighted by Gasteiger charge is 2.10. The summed E-state index contributed by atoms with van der Waals surface area (Å²) in [6.07, 6.45) is 5.03. The predicted octanol–water partition coefficient (Wildman–Crippen LogP) is 2.62. The van der Waals surface area contributed by atoms with Gasteiger partial charge in [-0.05, 0) is 11.6 Å². The fourth-order valence-corrected chi connectivity index (χ4v) is 1.91. The molecule has 2 rings (SSSR count). The molecule has 2 heterocycles. The first-order valence-electron chi connectivity index (χ1n) is 4.27. The van der Waals surface area contributed by atoms with Crippen LogP contribution in [0.2, 0.25) is 5.02 Å². The van der Waals surface area contributed by atoms with Crippen molar-refractivity contribution in [2.45, 2.75) is 6.42 Å². The summed E-state index contributed by atoms with van der Waals surface area (Å²) in [5.74, 6) is 0.0330. The van der Waals surface area contributed by atoms with E-state index >= 15 is 0 Å². The third-order valence-electron chi connectivity index (χ3n) is 1.91. The molecule has 5 heteroatoms. The Bertz CT molecular complexity index is 470. The van der Waals surface area contributed by atoms with Gasteiger partial charge >= 0.3 is 0 Å². The van der Waals surface area contributed by atoms with Gasteiger partial charge in [-0.25, -0.2) is 0 Å². The molecule has 0 aliphatic carbocycles. The molecule has 0 aliphatic heterocycles. The van der Waals surface area contributed by atoms with Crippen molar-refractivity contribution in [3.63, 3.8) is 0 Å². The number of ketones is 1. The Kier molecular flexibility index (Phi) is 3.08. The minimum atomic E-state index is 0.0330. The van der Waals surface area contributed by atoms with E-state index in [9.17, 15) is 4.79 Å². The largest absolute Gasteiger partial charge is 0.293 e. The van der Waals surface area contributed by atoms with E-state index in [0.717, 1.165) is 5.56 Å². The minimum Gasteiger partial charge on any atom is -0.293 e.